The van der Waals surface area contributed by atoms with E-state index in [9.17, 15) is 0 Å². The SMILES string of the molecule is Cc1ccnn1Cc1ccc(C#CCO)s1. The Bertz CT molecular complexity index is 530. The van der Waals surface area contributed by atoms with Crippen LogP contribution in [-0.2, 0) is 6.54 Å². The van der Waals surface area contributed by atoms with Crippen molar-refractivity contribution in [3.05, 3.63) is 39.8 Å². The molecule has 0 atom stereocenters. The van der Waals surface area contributed by atoms with Gasteiger partial charge in [-0.05, 0) is 25.1 Å². The number of hydrogen-bond acceptors (Lipinski definition) is 3. The first kappa shape index (κ1) is 10.9. The highest BCUT2D eigenvalue weighted by molar-refractivity contribution is 7.12. The van der Waals surface area contributed by atoms with E-state index in [1.807, 2.05) is 29.8 Å². The molecule has 1 N–H and O–H groups in total. The molecule has 2 aromatic heterocycles. The van der Waals surface area contributed by atoms with Gasteiger partial charge in [-0.1, -0.05) is 11.8 Å². The Labute approximate surface area is 98.4 Å². The molecule has 0 fully saturated rings. The number of nitrogens with zero attached hydrogens (tertiary/aromatic N) is 2. The summed E-state index contributed by atoms with van der Waals surface area (Å²) >= 11 is 1.63. The second kappa shape index (κ2) is 4.97. The lowest BCUT2D eigenvalue weighted by atomic mass is 10.4. The molecule has 82 valence electrons. The molecule has 2 rings (SSSR count). The molecule has 16 heavy (non-hydrogen) atoms. The lowest BCUT2D eigenvalue weighted by molar-refractivity contribution is 0.350. The zero-order chi connectivity index (χ0) is 11.4. The van der Waals surface area contributed by atoms with Crippen molar-refractivity contribution < 1.29 is 5.11 Å². The summed E-state index contributed by atoms with van der Waals surface area (Å²) in [4.78, 5) is 2.20. The third kappa shape index (κ3) is 2.51. The van der Waals surface area contributed by atoms with Crippen molar-refractivity contribution in [2.45, 2.75) is 13.5 Å². The van der Waals surface area contributed by atoms with Crippen LogP contribution in [-0.4, -0.2) is 21.5 Å². The van der Waals surface area contributed by atoms with Crippen LogP contribution < -0.4 is 0 Å². The van der Waals surface area contributed by atoms with Gasteiger partial charge in [0, 0.05) is 16.8 Å². The second-order valence-corrected chi connectivity index (χ2v) is 4.52. The van der Waals surface area contributed by atoms with E-state index in [2.05, 4.69) is 16.9 Å². The molecule has 0 spiro atoms. The van der Waals surface area contributed by atoms with Gasteiger partial charge in [0.05, 0.1) is 11.4 Å². The van der Waals surface area contributed by atoms with Gasteiger partial charge in [0.25, 0.3) is 0 Å². The summed E-state index contributed by atoms with van der Waals surface area (Å²) in [7, 11) is 0. The maximum Gasteiger partial charge on any atom is 0.104 e. The Morgan fingerprint density at radius 1 is 1.44 bits per heavy atom. The molecule has 0 saturated carbocycles. The number of aromatic nitrogens is 2. The first-order valence-electron chi connectivity index (χ1n) is 4.96. The van der Waals surface area contributed by atoms with E-state index >= 15 is 0 Å². The highest BCUT2D eigenvalue weighted by atomic mass is 32.1. The van der Waals surface area contributed by atoms with Gasteiger partial charge in [0.15, 0.2) is 0 Å². The summed E-state index contributed by atoms with van der Waals surface area (Å²) in [5.74, 6) is 5.54. The number of hydrogen-bond donors (Lipinski definition) is 1. The molecule has 0 aliphatic rings. The Hall–Kier alpha value is -1.57. The molecule has 0 unspecified atom stereocenters. The predicted molar refractivity (Wildman–Crippen MR) is 64.3 cm³/mol. The molecule has 3 nitrogen and oxygen atoms in total. The third-order valence-electron chi connectivity index (χ3n) is 2.19. The molecular weight excluding hydrogens is 220 g/mol. The Morgan fingerprint density at radius 2 is 2.31 bits per heavy atom. The van der Waals surface area contributed by atoms with E-state index in [1.54, 1.807) is 17.5 Å². The van der Waals surface area contributed by atoms with Gasteiger partial charge in [-0.3, -0.25) is 4.68 Å². The van der Waals surface area contributed by atoms with Crippen LogP contribution in [0.1, 0.15) is 15.4 Å². The molecule has 0 saturated heterocycles. The Kier molecular flexibility index (Phi) is 3.40. The predicted octanol–water partition coefficient (Wildman–Crippen LogP) is 1.65. The third-order valence-corrected chi connectivity index (χ3v) is 3.17. The minimum atomic E-state index is -0.0918. The van der Waals surface area contributed by atoms with Gasteiger partial charge in [0.2, 0.25) is 0 Å². The Balaban J connectivity index is 2.11. The molecule has 0 radical (unpaired) electrons. The van der Waals surface area contributed by atoms with E-state index in [-0.39, 0.29) is 6.61 Å². The van der Waals surface area contributed by atoms with Crippen LogP contribution in [0.5, 0.6) is 0 Å². The summed E-state index contributed by atoms with van der Waals surface area (Å²) < 4.78 is 1.95. The largest absolute Gasteiger partial charge is 0.384 e. The van der Waals surface area contributed by atoms with Gasteiger partial charge >= 0.3 is 0 Å². The van der Waals surface area contributed by atoms with Crippen molar-refractivity contribution in [1.82, 2.24) is 9.78 Å². The highest BCUT2D eigenvalue weighted by Crippen LogP contribution is 2.16. The van der Waals surface area contributed by atoms with Crippen LogP contribution in [0.3, 0.4) is 0 Å². The standard InChI is InChI=1S/C12H12N2OS/c1-10-6-7-13-14(10)9-12-5-4-11(16-12)3-2-8-15/h4-7,15H,8-9H2,1H3. The molecule has 0 amide bonds. The van der Waals surface area contributed by atoms with Gasteiger partial charge in [0.1, 0.15) is 6.61 Å². The van der Waals surface area contributed by atoms with E-state index < -0.39 is 0 Å². The number of aliphatic hydroxyl groups is 1. The number of aryl methyl sites for hydroxylation is 1. The average Bonchev–Trinajstić information content (AvgIpc) is 2.87. The first-order chi connectivity index (χ1) is 7.79. The van der Waals surface area contributed by atoms with E-state index in [0.29, 0.717) is 0 Å². The monoisotopic (exact) mass is 232 g/mol. The van der Waals surface area contributed by atoms with Crippen LogP contribution in [0.15, 0.2) is 24.4 Å². The number of aliphatic hydroxyl groups excluding tert-OH is 1. The topological polar surface area (TPSA) is 38.0 Å². The van der Waals surface area contributed by atoms with Crippen LogP contribution in [0.4, 0.5) is 0 Å². The fourth-order valence-corrected chi connectivity index (χ4v) is 2.23. The van der Waals surface area contributed by atoms with Gasteiger partial charge in [-0.2, -0.15) is 5.10 Å². The second-order valence-electron chi connectivity index (χ2n) is 3.36. The molecule has 0 bridgehead atoms. The van der Waals surface area contributed by atoms with Crippen molar-refractivity contribution in [2.75, 3.05) is 6.61 Å². The fraction of sp³-hybridized carbons (Fsp3) is 0.250. The summed E-state index contributed by atoms with van der Waals surface area (Å²) in [6.07, 6.45) is 1.80. The minimum absolute atomic E-state index is 0.0918. The Morgan fingerprint density at radius 3 is 3.00 bits per heavy atom. The lowest BCUT2D eigenvalue weighted by Gasteiger charge is -2.00. The minimum Gasteiger partial charge on any atom is -0.384 e. The molecule has 0 aliphatic carbocycles. The smallest absolute Gasteiger partial charge is 0.104 e. The zero-order valence-electron chi connectivity index (χ0n) is 8.97. The van der Waals surface area contributed by atoms with Crippen molar-refractivity contribution in [3.63, 3.8) is 0 Å². The molecule has 0 aliphatic heterocycles. The van der Waals surface area contributed by atoms with Gasteiger partial charge in [-0.25, -0.2) is 0 Å². The number of rotatable bonds is 2. The summed E-state index contributed by atoms with van der Waals surface area (Å²) in [6.45, 7) is 2.73. The summed E-state index contributed by atoms with van der Waals surface area (Å²) in [5, 5.41) is 12.8. The lowest BCUT2D eigenvalue weighted by Crippen LogP contribution is -2.01. The maximum atomic E-state index is 8.60. The average molecular weight is 232 g/mol. The van der Waals surface area contributed by atoms with Crippen LogP contribution in [0.2, 0.25) is 0 Å². The van der Waals surface area contributed by atoms with Gasteiger partial charge < -0.3 is 5.11 Å². The molecule has 0 aromatic carbocycles. The van der Waals surface area contributed by atoms with Crippen molar-refractivity contribution in [2.24, 2.45) is 0 Å². The molecule has 2 aromatic rings. The molecular formula is C12H12N2OS. The molecule has 4 heteroatoms. The van der Waals surface area contributed by atoms with Crippen molar-refractivity contribution in [1.29, 1.82) is 0 Å². The quantitative estimate of drug-likeness (QED) is 0.799. The summed E-state index contributed by atoms with van der Waals surface area (Å²) in [5.41, 5.74) is 1.15. The van der Waals surface area contributed by atoms with E-state index in [4.69, 9.17) is 5.11 Å². The fourth-order valence-electron chi connectivity index (χ4n) is 1.37. The van der Waals surface area contributed by atoms with Crippen LogP contribution >= 0.6 is 11.3 Å². The van der Waals surface area contributed by atoms with Crippen molar-refractivity contribution >= 4 is 11.3 Å². The van der Waals surface area contributed by atoms with Crippen LogP contribution in [0, 0.1) is 18.8 Å². The molecule has 2 heterocycles. The first-order valence-corrected chi connectivity index (χ1v) is 5.78. The van der Waals surface area contributed by atoms with Crippen LogP contribution in [0.25, 0.3) is 0 Å². The van der Waals surface area contributed by atoms with E-state index in [0.717, 1.165) is 17.1 Å². The maximum absolute atomic E-state index is 8.60. The van der Waals surface area contributed by atoms with Crippen molar-refractivity contribution in [3.8, 4) is 11.8 Å². The zero-order valence-corrected chi connectivity index (χ0v) is 9.79. The normalized spacial score (nSPS) is 9.88. The van der Waals surface area contributed by atoms with Gasteiger partial charge in [-0.15, -0.1) is 11.3 Å². The highest BCUT2D eigenvalue weighted by Gasteiger charge is 2.01. The number of thiophene rings is 1. The summed E-state index contributed by atoms with van der Waals surface area (Å²) in [6, 6.07) is 6.01. The van der Waals surface area contributed by atoms with E-state index in [1.165, 1.54) is 4.88 Å².